The molecule has 0 amide bonds. The molecule has 34 heavy (non-hydrogen) atoms. The van der Waals surface area contributed by atoms with E-state index in [2.05, 4.69) is 55.3 Å². The number of allylic oxidation sites excluding steroid dienone is 5. The molecule has 0 bridgehead atoms. The highest BCUT2D eigenvalue weighted by molar-refractivity contribution is 5.78. The molecule has 0 N–H and O–H groups in total. The summed E-state index contributed by atoms with van der Waals surface area (Å²) in [5.74, 6) is 0.0167. The summed E-state index contributed by atoms with van der Waals surface area (Å²) >= 11 is 0. The molecule has 2 atom stereocenters. The number of benzene rings is 1. The van der Waals surface area contributed by atoms with Crippen LogP contribution in [0, 0.1) is 5.92 Å². The van der Waals surface area contributed by atoms with E-state index < -0.39 is 6.36 Å². The lowest BCUT2D eigenvalue weighted by Gasteiger charge is -2.21. The second-order valence-electron chi connectivity index (χ2n) is 8.52. The zero-order chi connectivity index (χ0) is 24.9. The van der Waals surface area contributed by atoms with E-state index in [0.29, 0.717) is 5.92 Å². The van der Waals surface area contributed by atoms with Gasteiger partial charge in [-0.3, -0.25) is 0 Å². The molecule has 0 spiro atoms. The van der Waals surface area contributed by atoms with Crippen LogP contribution in [-0.2, 0) is 0 Å². The first kappa shape index (κ1) is 25.3. The SMILES string of the molecule is C=CC1=CC(c2cc(C(C)c3cccc(OC(F)(F)F)c3)n3ccnc3c2)=CCC1C.CCC. The van der Waals surface area contributed by atoms with Gasteiger partial charge in [-0.2, -0.15) is 0 Å². The summed E-state index contributed by atoms with van der Waals surface area (Å²) in [5, 5.41) is 0. The van der Waals surface area contributed by atoms with Crippen molar-refractivity contribution in [3.8, 4) is 5.75 Å². The first-order chi connectivity index (χ1) is 16.2. The summed E-state index contributed by atoms with van der Waals surface area (Å²) in [6, 6.07) is 10.2. The molecule has 2 heterocycles. The van der Waals surface area contributed by atoms with E-state index in [1.165, 1.54) is 24.1 Å². The third-order valence-electron chi connectivity index (χ3n) is 5.72. The zero-order valence-electron chi connectivity index (χ0n) is 20.1. The van der Waals surface area contributed by atoms with Gasteiger partial charge in [0.05, 0.1) is 0 Å². The number of ether oxygens (including phenoxy) is 1. The third-order valence-corrected chi connectivity index (χ3v) is 5.72. The Morgan fingerprint density at radius 1 is 1.24 bits per heavy atom. The first-order valence-corrected chi connectivity index (χ1v) is 11.5. The van der Waals surface area contributed by atoms with E-state index in [-0.39, 0.29) is 11.7 Å². The lowest BCUT2D eigenvalue weighted by Crippen LogP contribution is -2.17. The summed E-state index contributed by atoms with van der Waals surface area (Å²) in [6.45, 7) is 12.3. The summed E-state index contributed by atoms with van der Waals surface area (Å²) in [7, 11) is 0. The van der Waals surface area contributed by atoms with Crippen molar-refractivity contribution in [1.29, 1.82) is 0 Å². The van der Waals surface area contributed by atoms with Gasteiger partial charge in [0.2, 0.25) is 0 Å². The van der Waals surface area contributed by atoms with Crippen LogP contribution in [0.15, 0.2) is 79.2 Å². The molecular formula is C28H31F3N2O. The second kappa shape index (κ2) is 10.8. The lowest BCUT2D eigenvalue weighted by atomic mass is 9.87. The molecule has 4 rings (SSSR count). The van der Waals surface area contributed by atoms with E-state index >= 15 is 0 Å². The molecule has 3 aromatic rings. The van der Waals surface area contributed by atoms with Crippen molar-refractivity contribution in [3.05, 3.63) is 96.0 Å². The highest BCUT2D eigenvalue weighted by Gasteiger charge is 2.31. The van der Waals surface area contributed by atoms with Crippen molar-refractivity contribution in [2.24, 2.45) is 5.92 Å². The topological polar surface area (TPSA) is 26.5 Å². The number of pyridine rings is 1. The Balaban J connectivity index is 0.00000103. The number of nitrogens with zero attached hydrogens (tertiary/aromatic N) is 2. The molecule has 0 radical (unpaired) electrons. The Bertz CT molecular complexity index is 1200. The number of fused-ring (bicyclic) bond motifs is 1. The average Bonchev–Trinajstić information content (AvgIpc) is 3.26. The molecule has 2 aromatic heterocycles. The smallest absolute Gasteiger partial charge is 0.406 e. The largest absolute Gasteiger partial charge is 0.573 e. The number of hydrogen-bond donors (Lipinski definition) is 0. The quantitative estimate of drug-likeness (QED) is 0.376. The molecule has 3 nitrogen and oxygen atoms in total. The van der Waals surface area contributed by atoms with Crippen LogP contribution in [0.1, 0.15) is 63.3 Å². The Hall–Kier alpha value is -3.28. The summed E-state index contributed by atoms with van der Waals surface area (Å²) in [5.41, 5.74) is 5.75. The molecule has 1 aliphatic carbocycles. The average molecular weight is 469 g/mol. The number of aromatic nitrogens is 2. The van der Waals surface area contributed by atoms with Gasteiger partial charge in [-0.05, 0) is 58.9 Å². The molecule has 0 saturated carbocycles. The van der Waals surface area contributed by atoms with Crippen LogP contribution in [-0.4, -0.2) is 15.7 Å². The Labute approximate surface area is 199 Å². The normalized spacial score (nSPS) is 16.7. The first-order valence-electron chi connectivity index (χ1n) is 11.5. The van der Waals surface area contributed by atoms with E-state index in [1.807, 2.05) is 29.7 Å². The number of hydrogen-bond acceptors (Lipinski definition) is 2. The minimum Gasteiger partial charge on any atom is -0.406 e. The molecule has 2 unspecified atom stereocenters. The van der Waals surface area contributed by atoms with Crippen molar-refractivity contribution in [2.75, 3.05) is 0 Å². The zero-order valence-corrected chi connectivity index (χ0v) is 20.1. The van der Waals surface area contributed by atoms with Gasteiger partial charge in [-0.1, -0.05) is 71.1 Å². The van der Waals surface area contributed by atoms with Crippen LogP contribution >= 0.6 is 0 Å². The summed E-state index contributed by atoms with van der Waals surface area (Å²) in [6.07, 6.45) is 7.28. The maximum atomic E-state index is 12.7. The van der Waals surface area contributed by atoms with Crippen molar-refractivity contribution >= 4 is 11.2 Å². The molecule has 1 aliphatic rings. The maximum Gasteiger partial charge on any atom is 0.573 e. The van der Waals surface area contributed by atoms with Crippen molar-refractivity contribution < 1.29 is 17.9 Å². The van der Waals surface area contributed by atoms with Gasteiger partial charge in [0.1, 0.15) is 11.4 Å². The predicted molar refractivity (Wildman–Crippen MR) is 132 cm³/mol. The highest BCUT2D eigenvalue weighted by atomic mass is 19.4. The van der Waals surface area contributed by atoms with Crippen LogP contribution in [0.2, 0.25) is 0 Å². The van der Waals surface area contributed by atoms with Gasteiger partial charge in [-0.25, -0.2) is 4.98 Å². The molecule has 1 aromatic carbocycles. The van der Waals surface area contributed by atoms with E-state index in [9.17, 15) is 13.2 Å². The molecular weight excluding hydrogens is 437 g/mol. The monoisotopic (exact) mass is 468 g/mol. The van der Waals surface area contributed by atoms with E-state index in [1.54, 1.807) is 18.3 Å². The van der Waals surface area contributed by atoms with Crippen LogP contribution in [0.5, 0.6) is 5.75 Å². The number of imidazole rings is 1. The van der Waals surface area contributed by atoms with Gasteiger partial charge in [-0.15, -0.1) is 13.2 Å². The van der Waals surface area contributed by atoms with Gasteiger partial charge in [0, 0.05) is 24.0 Å². The van der Waals surface area contributed by atoms with Gasteiger partial charge in [0.15, 0.2) is 0 Å². The van der Waals surface area contributed by atoms with Gasteiger partial charge < -0.3 is 9.14 Å². The van der Waals surface area contributed by atoms with Crippen LogP contribution < -0.4 is 4.74 Å². The van der Waals surface area contributed by atoms with Crippen LogP contribution in [0.4, 0.5) is 13.2 Å². The van der Waals surface area contributed by atoms with Gasteiger partial charge in [0.25, 0.3) is 0 Å². The van der Waals surface area contributed by atoms with Crippen molar-refractivity contribution in [1.82, 2.24) is 9.38 Å². The molecule has 0 fully saturated rings. The summed E-state index contributed by atoms with van der Waals surface area (Å²) < 4.78 is 44.0. The van der Waals surface area contributed by atoms with E-state index in [4.69, 9.17) is 0 Å². The molecule has 6 heteroatoms. The van der Waals surface area contributed by atoms with Crippen molar-refractivity contribution in [2.45, 2.75) is 52.8 Å². The summed E-state index contributed by atoms with van der Waals surface area (Å²) in [4.78, 5) is 4.45. The predicted octanol–water partition coefficient (Wildman–Crippen LogP) is 8.34. The Kier molecular flexibility index (Phi) is 8.02. The lowest BCUT2D eigenvalue weighted by molar-refractivity contribution is -0.274. The molecule has 180 valence electrons. The Morgan fingerprint density at radius 2 is 1.97 bits per heavy atom. The fourth-order valence-electron chi connectivity index (χ4n) is 3.98. The molecule has 0 saturated heterocycles. The van der Waals surface area contributed by atoms with Crippen molar-refractivity contribution in [3.63, 3.8) is 0 Å². The minimum atomic E-state index is -4.72. The number of rotatable bonds is 5. The fourth-order valence-corrected chi connectivity index (χ4v) is 3.98. The Morgan fingerprint density at radius 3 is 2.65 bits per heavy atom. The third kappa shape index (κ3) is 5.99. The van der Waals surface area contributed by atoms with Gasteiger partial charge >= 0.3 is 6.36 Å². The number of alkyl halides is 3. The van der Waals surface area contributed by atoms with Crippen LogP contribution in [0.25, 0.3) is 11.2 Å². The molecule has 0 aliphatic heterocycles. The maximum absolute atomic E-state index is 12.7. The minimum absolute atomic E-state index is 0.181. The highest BCUT2D eigenvalue weighted by Crippen LogP contribution is 2.34. The number of halogens is 3. The second-order valence-corrected chi connectivity index (χ2v) is 8.52. The standard InChI is InChI=1S/C25H23F3N2O.C3H8/c1-4-18-12-20(9-8-16(18)2)21-14-23(30-11-10-29-24(30)15-21)17(3)19-6-5-7-22(13-19)31-25(26,27)28;1-3-2/h4-7,9-17H,1,8H2,2-3H3;3H2,1-2H3. The fraction of sp³-hybridized carbons (Fsp3) is 0.321. The van der Waals surface area contributed by atoms with Crippen LogP contribution in [0.3, 0.4) is 0 Å². The van der Waals surface area contributed by atoms with E-state index in [0.717, 1.165) is 34.5 Å².